The van der Waals surface area contributed by atoms with Crippen molar-refractivity contribution >= 4 is 55.5 Å². The topological polar surface area (TPSA) is 83.5 Å². The molecule has 0 atom stereocenters. The number of thiazole rings is 1. The first-order chi connectivity index (χ1) is 17.6. The van der Waals surface area contributed by atoms with E-state index < -0.39 is 0 Å². The number of nitrogens with zero attached hydrogens (tertiary/aromatic N) is 4. The Balaban J connectivity index is 1.17. The van der Waals surface area contributed by atoms with Gasteiger partial charge in [0.1, 0.15) is 11.3 Å². The fourth-order valence-electron chi connectivity index (χ4n) is 4.52. The van der Waals surface area contributed by atoms with Gasteiger partial charge in [0, 0.05) is 29.4 Å². The summed E-state index contributed by atoms with van der Waals surface area (Å²) < 4.78 is 2.15. The summed E-state index contributed by atoms with van der Waals surface area (Å²) in [5, 5.41) is 10.7. The van der Waals surface area contributed by atoms with Crippen LogP contribution in [0.1, 0.15) is 23.3 Å². The quantitative estimate of drug-likeness (QED) is 0.205. The van der Waals surface area contributed by atoms with Crippen molar-refractivity contribution in [2.24, 2.45) is 0 Å². The molecule has 1 saturated heterocycles. The van der Waals surface area contributed by atoms with Gasteiger partial charge < -0.3 is 16.4 Å². The molecule has 6 rings (SSSR count). The van der Waals surface area contributed by atoms with Crippen molar-refractivity contribution in [1.29, 1.82) is 0 Å². The first kappa shape index (κ1) is 22.8. The number of fused-ring (bicyclic) bond motifs is 1. The van der Waals surface area contributed by atoms with E-state index in [0.717, 1.165) is 50.0 Å². The highest BCUT2D eigenvalue weighted by Gasteiger charge is 2.17. The monoisotopic (exact) mass is 513 g/mol. The van der Waals surface area contributed by atoms with Gasteiger partial charge in [-0.25, -0.2) is 9.97 Å². The van der Waals surface area contributed by atoms with E-state index in [-0.39, 0.29) is 0 Å². The minimum atomic E-state index is 0.694. The third-order valence-electron chi connectivity index (χ3n) is 6.36. The number of anilines is 4. The van der Waals surface area contributed by atoms with Gasteiger partial charge in [0.15, 0.2) is 5.13 Å². The minimum Gasteiger partial charge on any atom is -0.397 e. The summed E-state index contributed by atoms with van der Waals surface area (Å²) in [4.78, 5) is 13.1. The molecular formula is C27H27N7S2. The highest BCUT2D eigenvalue weighted by molar-refractivity contribution is 7.18. The molecule has 0 bridgehead atoms. The number of hydrogen-bond acceptors (Lipinski definition) is 8. The summed E-state index contributed by atoms with van der Waals surface area (Å²) in [6.45, 7) is 7.47. The van der Waals surface area contributed by atoms with Crippen LogP contribution in [0.5, 0.6) is 0 Å². The Labute approximate surface area is 217 Å². The van der Waals surface area contributed by atoms with Crippen LogP contribution >= 0.6 is 22.7 Å². The van der Waals surface area contributed by atoms with Gasteiger partial charge in [-0.3, -0.25) is 9.30 Å². The number of nitrogens with one attached hydrogen (secondary N) is 2. The summed E-state index contributed by atoms with van der Waals surface area (Å²) in [5.74, 6) is 0. The van der Waals surface area contributed by atoms with Gasteiger partial charge in [0.2, 0.25) is 0 Å². The summed E-state index contributed by atoms with van der Waals surface area (Å²) >= 11 is 3.20. The number of benzene rings is 1. The third-order valence-corrected chi connectivity index (χ3v) is 8.17. The van der Waals surface area contributed by atoms with Crippen LogP contribution in [0.4, 0.5) is 21.5 Å². The van der Waals surface area contributed by atoms with E-state index in [2.05, 4.69) is 50.2 Å². The second-order valence-electron chi connectivity index (χ2n) is 8.87. The normalized spacial score (nSPS) is 13.9. The Hall–Kier alpha value is -3.66. The number of rotatable bonds is 8. The molecule has 0 aliphatic carbocycles. The van der Waals surface area contributed by atoms with Crippen LogP contribution < -0.4 is 16.4 Å². The number of nitrogen functional groups attached to an aromatic ring is 1. The molecule has 0 radical (unpaired) electrons. The summed E-state index contributed by atoms with van der Waals surface area (Å²) in [7, 11) is 0. The minimum absolute atomic E-state index is 0.694. The summed E-state index contributed by atoms with van der Waals surface area (Å²) in [5.41, 5.74) is 12.6. The van der Waals surface area contributed by atoms with Crippen LogP contribution in [0.3, 0.4) is 0 Å². The van der Waals surface area contributed by atoms with Crippen molar-refractivity contribution in [2.75, 3.05) is 29.5 Å². The van der Waals surface area contributed by atoms with E-state index in [0.29, 0.717) is 5.69 Å². The van der Waals surface area contributed by atoms with Gasteiger partial charge >= 0.3 is 0 Å². The number of imidazole rings is 1. The number of likely N-dealkylation sites (tertiary alicyclic amines) is 1. The van der Waals surface area contributed by atoms with Gasteiger partial charge in [-0.15, -0.1) is 22.7 Å². The largest absolute Gasteiger partial charge is 0.397 e. The molecule has 1 aromatic carbocycles. The van der Waals surface area contributed by atoms with Gasteiger partial charge in [-0.1, -0.05) is 24.8 Å². The SMILES string of the molecule is C=C(Nc1ccccc1N)c1ccc(Nc2nc(-c3cnc4c(CN5CCCC5)cccn34)cs2)s1. The standard InChI is InChI=1S/C27H27N7S2/c1-18(30-21-9-3-2-8-20(21)28)24-10-11-25(36-24)32-27-31-22(17-35-27)23-15-29-26-19(7-6-14-34(23)26)16-33-12-4-5-13-33/h2-3,6-11,14-15,17,30H,1,4-5,12-13,16,28H2,(H,31,32). The molecule has 0 amide bonds. The van der Waals surface area contributed by atoms with Gasteiger partial charge in [-0.2, -0.15) is 0 Å². The molecular weight excluding hydrogens is 486 g/mol. The smallest absolute Gasteiger partial charge is 0.188 e. The van der Waals surface area contributed by atoms with E-state index in [1.54, 1.807) is 22.7 Å². The number of pyridine rings is 1. The maximum Gasteiger partial charge on any atom is 0.188 e. The maximum atomic E-state index is 6.05. The molecule has 182 valence electrons. The lowest BCUT2D eigenvalue weighted by atomic mass is 10.2. The lowest BCUT2D eigenvalue weighted by molar-refractivity contribution is 0.332. The lowest BCUT2D eigenvalue weighted by Gasteiger charge is -2.15. The molecule has 4 N–H and O–H groups in total. The Morgan fingerprint density at radius 3 is 2.81 bits per heavy atom. The van der Waals surface area contributed by atoms with E-state index >= 15 is 0 Å². The second-order valence-corrected chi connectivity index (χ2v) is 10.8. The molecule has 9 heteroatoms. The van der Waals surface area contributed by atoms with Gasteiger partial charge in [0.25, 0.3) is 0 Å². The van der Waals surface area contributed by atoms with E-state index in [9.17, 15) is 0 Å². The van der Waals surface area contributed by atoms with Crippen molar-refractivity contribution in [3.8, 4) is 11.4 Å². The number of nitrogens with two attached hydrogens (primary N) is 1. The van der Waals surface area contributed by atoms with Gasteiger partial charge in [0.05, 0.1) is 33.1 Å². The summed E-state index contributed by atoms with van der Waals surface area (Å²) in [6.07, 6.45) is 6.57. The van der Waals surface area contributed by atoms with Crippen LogP contribution in [0.2, 0.25) is 0 Å². The Morgan fingerprint density at radius 2 is 1.94 bits per heavy atom. The van der Waals surface area contributed by atoms with E-state index in [1.165, 1.54) is 31.5 Å². The predicted octanol–water partition coefficient (Wildman–Crippen LogP) is 6.52. The van der Waals surface area contributed by atoms with Crippen molar-refractivity contribution in [3.63, 3.8) is 0 Å². The zero-order valence-electron chi connectivity index (χ0n) is 19.8. The molecule has 1 fully saturated rings. The lowest BCUT2D eigenvalue weighted by Crippen LogP contribution is -2.18. The highest BCUT2D eigenvalue weighted by Crippen LogP contribution is 2.34. The average molecular weight is 514 g/mol. The molecule has 5 aromatic rings. The average Bonchev–Trinajstić information content (AvgIpc) is 3.68. The molecule has 0 saturated carbocycles. The third kappa shape index (κ3) is 4.60. The molecule has 0 spiro atoms. The van der Waals surface area contributed by atoms with E-state index in [1.807, 2.05) is 42.6 Å². The second kappa shape index (κ2) is 9.77. The zero-order chi connectivity index (χ0) is 24.5. The van der Waals surface area contributed by atoms with Crippen LogP contribution in [0.15, 0.2) is 72.9 Å². The van der Waals surface area contributed by atoms with Crippen LogP contribution in [-0.2, 0) is 6.54 Å². The zero-order valence-corrected chi connectivity index (χ0v) is 21.4. The molecule has 1 aliphatic heterocycles. The Morgan fingerprint density at radius 1 is 1.08 bits per heavy atom. The predicted molar refractivity (Wildman–Crippen MR) is 152 cm³/mol. The molecule has 7 nitrogen and oxygen atoms in total. The van der Waals surface area contributed by atoms with Crippen molar-refractivity contribution < 1.29 is 0 Å². The molecule has 36 heavy (non-hydrogen) atoms. The fraction of sp³-hybridized carbons (Fsp3) is 0.185. The van der Waals surface area contributed by atoms with Crippen molar-refractivity contribution in [1.82, 2.24) is 19.3 Å². The first-order valence-electron chi connectivity index (χ1n) is 11.9. The number of aromatic nitrogens is 3. The maximum absolute atomic E-state index is 6.05. The van der Waals surface area contributed by atoms with Crippen LogP contribution in [-0.4, -0.2) is 32.4 Å². The number of thiophene rings is 1. The van der Waals surface area contributed by atoms with Gasteiger partial charge in [-0.05, 0) is 56.3 Å². The summed E-state index contributed by atoms with van der Waals surface area (Å²) in [6, 6.07) is 16.1. The van der Waals surface area contributed by atoms with Crippen LogP contribution in [0, 0.1) is 0 Å². The molecule has 0 unspecified atom stereocenters. The Kier molecular flexibility index (Phi) is 6.18. The molecule has 4 aromatic heterocycles. The number of para-hydroxylation sites is 2. The van der Waals surface area contributed by atoms with Crippen molar-refractivity contribution in [3.05, 3.63) is 83.3 Å². The fourth-order valence-corrected chi connectivity index (χ4v) is 6.13. The van der Waals surface area contributed by atoms with Crippen molar-refractivity contribution in [2.45, 2.75) is 19.4 Å². The van der Waals surface area contributed by atoms with Crippen LogP contribution in [0.25, 0.3) is 22.7 Å². The van der Waals surface area contributed by atoms with E-state index in [4.69, 9.17) is 15.7 Å². The molecule has 1 aliphatic rings. The highest BCUT2D eigenvalue weighted by atomic mass is 32.1. The molecule has 5 heterocycles. The Bertz CT molecular complexity index is 1520. The number of hydrogen-bond donors (Lipinski definition) is 3. The first-order valence-corrected chi connectivity index (χ1v) is 13.6.